The van der Waals surface area contributed by atoms with Crippen LogP contribution in [0.5, 0.6) is 0 Å². The molecule has 0 aromatic heterocycles. The van der Waals surface area contributed by atoms with Crippen molar-refractivity contribution in [2.24, 2.45) is 0 Å². The second-order valence-electron chi connectivity index (χ2n) is 2.96. The summed E-state index contributed by atoms with van der Waals surface area (Å²) >= 11 is 0. The van der Waals surface area contributed by atoms with E-state index >= 15 is 0 Å². The van der Waals surface area contributed by atoms with Gasteiger partial charge in [-0.1, -0.05) is 19.1 Å². The largest absolute Gasteiger partial charge is 0.392 e. The van der Waals surface area contributed by atoms with E-state index in [2.05, 4.69) is 9.44 Å². The molecule has 1 aromatic rings. The first-order valence-electron chi connectivity index (χ1n) is 4.54. The van der Waals surface area contributed by atoms with Gasteiger partial charge in [-0.2, -0.15) is 13.1 Å². The Morgan fingerprint density at radius 1 is 1.27 bits per heavy atom. The van der Waals surface area contributed by atoms with Gasteiger partial charge in [0.1, 0.15) is 0 Å². The minimum atomic E-state index is -3.47. The Labute approximate surface area is 89.3 Å². The molecular weight excluding hydrogens is 216 g/mol. The highest BCUT2D eigenvalue weighted by molar-refractivity contribution is 7.90. The maximum absolute atomic E-state index is 11.3. The van der Waals surface area contributed by atoms with E-state index in [9.17, 15) is 8.42 Å². The number of anilines is 1. The Kier molecular flexibility index (Phi) is 4.07. The smallest absolute Gasteiger partial charge is 0.299 e. The van der Waals surface area contributed by atoms with Gasteiger partial charge in [0.25, 0.3) is 10.2 Å². The molecule has 84 valence electrons. The van der Waals surface area contributed by atoms with Crippen LogP contribution in [0.1, 0.15) is 12.5 Å². The Morgan fingerprint density at radius 3 is 2.33 bits per heavy atom. The lowest BCUT2D eigenvalue weighted by atomic mass is 10.2. The molecule has 1 aromatic carbocycles. The molecule has 0 unspecified atom stereocenters. The van der Waals surface area contributed by atoms with Gasteiger partial charge in [-0.3, -0.25) is 4.72 Å². The highest BCUT2D eigenvalue weighted by Gasteiger charge is 2.06. The molecule has 15 heavy (non-hydrogen) atoms. The van der Waals surface area contributed by atoms with Crippen LogP contribution in [0.2, 0.25) is 0 Å². The van der Waals surface area contributed by atoms with E-state index in [1.54, 1.807) is 31.2 Å². The number of nitrogens with one attached hydrogen (secondary N) is 2. The third kappa shape index (κ3) is 3.86. The van der Waals surface area contributed by atoms with Gasteiger partial charge in [-0.05, 0) is 17.7 Å². The summed E-state index contributed by atoms with van der Waals surface area (Å²) in [5, 5.41) is 8.79. The molecular formula is C9H14N2O3S. The standard InChI is InChI=1S/C9H14N2O3S/c1-2-10-15(13,14)11-9-5-3-8(7-12)4-6-9/h3-6,10-12H,2,7H2,1H3. The van der Waals surface area contributed by atoms with Crippen molar-refractivity contribution in [3.05, 3.63) is 29.8 Å². The van der Waals surface area contributed by atoms with Crippen molar-refractivity contribution in [1.82, 2.24) is 4.72 Å². The van der Waals surface area contributed by atoms with Crippen molar-refractivity contribution in [2.75, 3.05) is 11.3 Å². The molecule has 0 amide bonds. The van der Waals surface area contributed by atoms with Crippen molar-refractivity contribution in [3.63, 3.8) is 0 Å². The third-order valence-electron chi connectivity index (χ3n) is 1.72. The van der Waals surface area contributed by atoms with Gasteiger partial charge < -0.3 is 5.11 Å². The Hall–Kier alpha value is -1.11. The summed E-state index contributed by atoms with van der Waals surface area (Å²) in [6.45, 7) is 1.98. The van der Waals surface area contributed by atoms with E-state index < -0.39 is 10.2 Å². The van der Waals surface area contributed by atoms with E-state index in [0.717, 1.165) is 5.56 Å². The van der Waals surface area contributed by atoms with Crippen LogP contribution in [-0.4, -0.2) is 20.1 Å². The summed E-state index contributed by atoms with van der Waals surface area (Å²) in [4.78, 5) is 0. The van der Waals surface area contributed by atoms with Crippen LogP contribution in [0.15, 0.2) is 24.3 Å². The number of aliphatic hydroxyl groups excluding tert-OH is 1. The van der Waals surface area contributed by atoms with Crippen LogP contribution in [0.3, 0.4) is 0 Å². The van der Waals surface area contributed by atoms with Crippen molar-refractivity contribution in [1.29, 1.82) is 0 Å². The summed E-state index contributed by atoms with van der Waals surface area (Å²) in [5.74, 6) is 0. The highest BCUT2D eigenvalue weighted by atomic mass is 32.2. The number of aliphatic hydroxyl groups is 1. The van der Waals surface area contributed by atoms with Gasteiger partial charge in [0, 0.05) is 12.2 Å². The average Bonchev–Trinajstić information content (AvgIpc) is 2.18. The molecule has 3 N–H and O–H groups in total. The molecule has 0 spiro atoms. The van der Waals surface area contributed by atoms with Gasteiger partial charge in [-0.15, -0.1) is 0 Å². The van der Waals surface area contributed by atoms with E-state index in [1.165, 1.54) is 0 Å². The molecule has 0 radical (unpaired) electrons. The molecule has 0 aliphatic carbocycles. The number of benzene rings is 1. The summed E-state index contributed by atoms with van der Waals surface area (Å²) in [6.07, 6.45) is 0. The fraction of sp³-hybridized carbons (Fsp3) is 0.333. The first-order chi connectivity index (χ1) is 7.07. The predicted molar refractivity (Wildman–Crippen MR) is 58.6 cm³/mol. The molecule has 5 nitrogen and oxygen atoms in total. The van der Waals surface area contributed by atoms with E-state index in [4.69, 9.17) is 5.11 Å². The highest BCUT2D eigenvalue weighted by Crippen LogP contribution is 2.10. The Morgan fingerprint density at radius 2 is 1.87 bits per heavy atom. The van der Waals surface area contributed by atoms with E-state index in [1.807, 2.05) is 0 Å². The van der Waals surface area contributed by atoms with Crippen LogP contribution in [0.25, 0.3) is 0 Å². The monoisotopic (exact) mass is 230 g/mol. The lowest BCUT2D eigenvalue weighted by Gasteiger charge is -2.07. The van der Waals surface area contributed by atoms with E-state index in [-0.39, 0.29) is 6.61 Å². The first-order valence-corrected chi connectivity index (χ1v) is 6.03. The van der Waals surface area contributed by atoms with Crippen molar-refractivity contribution in [3.8, 4) is 0 Å². The van der Waals surface area contributed by atoms with Crippen LogP contribution in [-0.2, 0) is 16.8 Å². The van der Waals surface area contributed by atoms with E-state index in [0.29, 0.717) is 12.2 Å². The van der Waals surface area contributed by atoms with Crippen LogP contribution >= 0.6 is 0 Å². The molecule has 0 bridgehead atoms. The zero-order chi connectivity index (χ0) is 11.3. The van der Waals surface area contributed by atoms with Crippen molar-refractivity contribution >= 4 is 15.9 Å². The minimum Gasteiger partial charge on any atom is -0.392 e. The normalized spacial score (nSPS) is 11.3. The molecule has 0 aliphatic rings. The molecule has 6 heteroatoms. The quantitative estimate of drug-likeness (QED) is 0.687. The summed E-state index contributed by atoms with van der Waals surface area (Å²) in [5.41, 5.74) is 1.20. The molecule has 0 heterocycles. The maximum Gasteiger partial charge on any atom is 0.299 e. The zero-order valence-electron chi connectivity index (χ0n) is 8.40. The van der Waals surface area contributed by atoms with Crippen molar-refractivity contribution in [2.45, 2.75) is 13.5 Å². The van der Waals surface area contributed by atoms with Crippen molar-refractivity contribution < 1.29 is 13.5 Å². The fourth-order valence-electron chi connectivity index (χ4n) is 1.06. The van der Waals surface area contributed by atoms with Gasteiger partial charge in [0.15, 0.2) is 0 Å². The minimum absolute atomic E-state index is 0.0553. The fourth-order valence-corrected chi connectivity index (χ4v) is 1.96. The molecule has 1 rings (SSSR count). The molecule has 0 fully saturated rings. The lowest BCUT2D eigenvalue weighted by Crippen LogP contribution is -2.29. The van der Waals surface area contributed by atoms with Gasteiger partial charge in [0.05, 0.1) is 6.61 Å². The summed E-state index contributed by atoms with van der Waals surface area (Å²) in [6, 6.07) is 6.51. The second kappa shape index (κ2) is 5.11. The number of hydrogen-bond donors (Lipinski definition) is 3. The second-order valence-corrected chi connectivity index (χ2v) is 4.46. The topological polar surface area (TPSA) is 78.4 Å². The number of hydrogen-bond acceptors (Lipinski definition) is 3. The SMILES string of the molecule is CCNS(=O)(=O)Nc1ccc(CO)cc1. The van der Waals surface area contributed by atoms with Crippen LogP contribution < -0.4 is 9.44 Å². The van der Waals surface area contributed by atoms with Crippen LogP contribution in [0, 0.1) is 0 Å². The lowest BCUT2D eigenvalue weighted by molar-refractivity contribution is 0.282. The summed E-state index contributed by atoms with van der Waals surface area (Å²) < 4.78 is 27.2. The summed E-state index contributed by atoms with van der Waals surface area (Å²) in [7, 11) is -3.47. The molecule has 0 aliphatic heterocycles. The predicted octanol–water partition coefficient (Wildman–Crippen LogP) is 0.445. The van der Waals surface area contributed by atoms with Crippen LogP contribution in [0.4, 0.5) is 5.69 Å². The van der Waals surface area contributed by atoms with Gasteiger partial charge in [0.2, 0.25) is 0 Å². The average molecular weight is 230 g/mol. The van der Waals surface area contributed by atoms with Gasteiger partial charge in [-0.25, -0.2) is 0 Å². The first kappa shape index (κ1) is 12.0. The third-order valence-corrected chi connectivity index (χ3v) is 2.90. The number of rotatable bonds is 5. The van der Waals surface area contributed by atoms with Gasteiger partial charge >= 0.3 is 0 Å². The Balaban J connectivity index is 2.73. The molecule has 0 saturated carbocycles. The Bertz CT molecular complexity index is 400. The maximum atomic E-state index is 11.3. The molecule has 0 atom stereocenters. The zero-order valence-corrected chi connectivity index (χ0v) is 9.21. The molecule has 0 saturated heterocycles.